The summed E-state index contributed by atoms with van der Waals surface area (Å²) in [6, 6.07) is 6.31. The number of benzene rings is 1. The van der Waals surface area contributed by atoms with Crippen LogP contribution in [-0.2, 0) is 0 Å². The first kappa shape index (κ1) is 15.2. The number of rotatable bonds is 4. The minimum Gasteiger partial charge on any atom is -0.310 e. The van der Waals surface area contributed by atoms with Crippen molar-refractivity contribution in [2.24, 2.45) is 11.8 Å². The molecule has 1 N–H and O–H groups in total. The quantitative estimate of drug-likeness (QED) is 0.777. The average molecular weight is 300 g/mol. The van der Waals surface area contributed by atoms with Crippen molar-refractivity contribution in [3.8, 4) is 0 Å². The molecule has 1 aromatic carbocycles. The van der Waals surface area contributed by atoms with Gasteiger partial charge in [-0.3, -0.25) is 0 Å². The molecule has 1 aliphatic rings. The normalized spacial score (nSPS) is 25.3. The van der Waals surface area contributed by atoms with Crippen LogP contribution in [0.15, 0.2) is 18.2 Å². The lowest BCUT2D eigenvalue weighted by Crippen LogP contribution is -2.31. The molecule has 0 amide bonds. The molecule has 0 radical (unpaired) electrons. The Hall–Kier alpha value is -0.240. The number of hydrogen-bond donors (Lipinski definition) is 1. The summed E-state index contributed by atoms with van der Waals surface area (Å²) in [7, 11) is 0. The first-order valence-electron chi connectivity index (χ1n) is 7.30. The third-order valence-corrected chi connectivity index (χ3v) is 5.11. The maximum atomic E-state index is 6.40. The van der Waals surface area contributed by atoms with E-state index in [-0.39, 0.29) is 0 Å². The number of hydrogen-bond acceptors (Lipinski definition) is 1. The maximum absolute atomic E-state index is 6.40. The molecule has 1 aromatic rings. The summed E-state index contributed by atoms with van der Waals surface area (Å²) in [5.41, 5.74) is 1.16. The van der Waals surface area contributed by atoms with Gasteiger partial charge in [-0.2, -0.15) is 0 Å². The van der Waals surface area contributed by atoms with E-state index < -0.39 is 0 Å². The van der Waals surface area contributed by atoms with Crippen molar-refractivity contribution in [2.45, 2.75) is 45.6 Å². The summed E-state index contributed by atoms with van der Waals surface area (Å²) >= 11 is 12.6. The molecule has 1 unspecified atom stereocenters. The highest BCUT2D eigenvalue weighted by Crippen LogP contribution is 2.40. The Morgan fingerprint density at radius 2 is 1.89 bits per heavy atom. The molecule has 1 fully saturated rings. The molecule has 1 atom stereocenters. The Labute approximate surface area is 126 Å². The number of halogens is 2. The van der Waals surface area contributed by atoms with E-state index in [9.17, 15) is 0 Å². The van der Waals surface area contributed by atoms with Gasteiger partial charge in [-0.05, 0) is 42.9 Å². The highest BCUT2D eigenvalue weighted by atomic mass is 35.5. The van der Waals surface area contributed by atoms with Crippen LogP contribution in [0.5, 0.6) is 0 Å². The van der Waals surface area contributed by atoms with Crippen molar-refractivity contribution in [1.29, 1.82) is 0 Å². The highest BCUT2D eigenvalue weighted by molar-refractivity contribution is 6.42. The lowest BCUT2D eigenvalue weighted by atomic mass is 9.77. The van der Waals surface area contributed by atoms with E-state index in [1.54, 1.807) is 0 Å². The van der Waals surface area contributed by atoms with Crippen LogP contribution in [0.3, 0.4) is 0 Å². The molecule has 0 saturated heterocycles. The van der Waals surface area contributed by atoms with Crippen molar-refractivity contribution < 1.29 is 0 Å². The van der Waals surface area contributed by atoms with Gasteiger partial charge in [0.25, 0.3) is 0 Å². The summed E-state index contributed by atoms with van der Waals surface area (Å²) in [5, 5.41) is 4.98. The Morgan fingerprint density at radius 1 is 1.21 bits per heavy atom. The van der Waals surface area contributed by atoms with Crippen LogP contribution in [0.2, 0.25) is 10.0 Å². The van der Waals surface area contributed by atoms with E-state index in [1.807, 2.05) is 12.1 Å². The predicted octanol–water partition coefficient (Wildman–Crippen LogP) is 5.47. The molecule has 2 rings (SSSR count). The highest BCUT2D eigenvalue weighted by Gasteiger charge is 2.28. The third kappa shape index (κ3) is 3.65. The monoisotopic (exact) mass is 299 g/mol. The van der Waals surface area contributed by atoms with Crippen LogP contribution in [0.1, 0.15) is 51.1 Å². The maximum Gasteiger partial charge on any atom is 0.0640 e. The summed E-state index contributed by atoms with van der Waals surface area (Å²) < 4.78 is 0. The topological polar surface area (TPSA) is 12.0 Å². The minimum absolute atomic E-state index is 0.337. The third-order valence-electron chi connectivity index (χ3n) is 4.27. The largest absolute Gasteiger partial charge is 0.310 e. The van der Waals surface area contributed by atoms with E-state index in [1.165, 1.54) is 25.7 Å². The zero-order valence-electron chi connectivity index (χ0n) is 11.8. The fourth-order valence-electron chi connectivity index (χ4n) is 3.13. The van der Waals surface area contributed by atoms with Crippen LogP contribution >= 0.6 is 23.2 Å². The molecule has 0 spiro atoms. The van der Waals surface area contributed by atoms with Crippen LogP contribution in [0, 0.1) is 11.8 Å². The molecule has 19 heavy (non-hydrogen) atoms. The molecule has 0 heterocycles. The lowest BCUT2D eigenvalue weighted by molar-refractivity contribution is 0.233. The fraction of sp³-hybridized carbons (Fsp3) is 0.625. The van der Waals surface area contributed by atoms with Gasteiger partial charge in [0.15, 0.2) is 0 Å². The predicted molar refractivity (Wildman–Crippen MR) is 84.0 cm³/mol. The molecule has 0 aromatic heterocycles. The molecule has 106 valence electrons. The van der Waals surface area contributed by atoms with Crippen molar-refractivity contribution >= 4 is 23.2 Å². The van der Waals surface area contributed by atoms with E-state index in [0.29, 0.717) is 22.0 Å². The second kappa shape index (κ2) is 6.97. The molecule has 0 aliphatic heterocycles. The Morgan fingerprint density at radius 3 is 2.53 bits per heavy atom. The second-order valence-electron chi connectivity index (χ2n) is 5.70. The first-order chi connectivity index (χ1) is 9.13. The van der Waals surface area contributed by atoms with Gasteiger partial charge in [0.1, 0.15) is 0 Å². The Bertz CT molecular complexity index is 411. The van der Waals surface area contributed by atoms with Gasteiger partial charge in [0.05, 0.1) is 10.0 Å². The molecule has 1 saturated carbocycles. The zero-order chi connectivity index (χ0) is 13.8. The smallest absolute Gasteiger partial charge is 0.0640 e. The van der Waals surface area contributed by atoms with E-state index >= 15 is 0 Å². The van der Waals surface area contributed by atoms with Gasteiger partial charge >= 0.3 is 0 Å². The van der Waals surface area contributed by atoms with Crippen molar-refractivity contribution in [1.82, 2.24) is 5.32 Å². The van der Waals surface area contributed by atoms with Gasteiger partial charge in [-0.1, -0.05) is 62.0 Å². The number of nitrogens with one attached hydrogen (secondary N) is 1. The van der Waals surface area contributed by atoms with Gasteiger partial charge in [0, 0.05) is 6.04 Å². The Balaban J connectivity index is 2.22. The molecule has 1 nitrogen and oxygen atoms in total. The average Bonchev–Trinajstić information content (AvgIpc) is 2.41. The van der Waals surface area contributed by atoms with Gasteiger partial charge in [-0.15, -0.1) is 0 Å². The van der Waals surface area contributed by atoms with Crippen LogP contribution in [0.25, 0.3) is 0 Å². The van der Waals surface area contributed by atoms with Gasteiger partial charge < -0.3 is 5.32 Å². The molecular weight excluding hydrogens is 277 g/mol. The van der Waals surface area contributed by atoms with E-state index in [4.69, 9.17) is 23.2 Å². The second-order valence-corrected chi connectivity index (χ2v) is 6.48. The summed E-state index contributed by atoms with van der Waals surface area (Å²) in [4.78, 5) is 0. The fourth-order valence-corrected chi connectivity index (χ4v) is 3.56. The van der Waals surface area contributed by atoms with E-state index in [2.05, 4.69) is 25.2 Å². The molecular formula is C16H23Cl2N. The SMILES string of the molecule is CCNC(c1cccc(Cl)c1Cl)C1CCC(C)CC1. The molecule has 3 heteroatoms. The molecule has 1 aliphatic carbocycles. The minimum atomic E-state index is 0.337. The van der Waals surface area contributed by atoms with Crippen molar-refractivity contribution in [2.75, 3.05) is 6.54 Å². The Kier molecular flexibility index (Phi) is 5.56. The van der Waals surface area contributed by atoms with Crippen LogP contribution < -0.4 is 5.32 Å². The standard InChI is InChI=1S/C16H23Cl2N/c1-3-19-16(12-9-7-11(2)8-10-12)13-5-4-6-14(17)15(13)18/h4-6,11-12,16,19H,3,7-10H2,1-2H3. The lowest BCUT2D eigenvalue weighted by Gasteiger charge is -2.34. The zero-order valence-corrected chi connectivity index (χ0v) is 13.3. The molecule has 0 bridgehead atoms. The van der Waals surface area contributed by atoms with Gasteiger partial charge in [0.2, 0.25) is 0 Å². The van der Waals surface area contributed by atoms with Crippen molar-refractivity contribution in [3.05, 3.63) is 33.8 Å². The van der Waals surface area contributed by atoms with E-state index in [0.717, 1.165) is 18.0 Å². The van der Waals surface area contributed by atoms with Crippen LogP contribution in [0.4, 0.5) is 0 Å². The first-order valence-corrected chi connectivity index (χ1v) is 8.06. The summed E-state index contributed by atoms with van der Waals surface area (Å²) in [5.74, 6) is 1.54. The van der Waals surface area contributed by atoms with Gasteiger partial charge in [-0.25, -0.2) is 0 Å². The van der Waals surface area contributed by atoms with Crippen LogP contribution in [-0.4, -0.2) is 6.54 Å². The summed E-state index contributed by atoms with van der Waals surface area (Å²) in [6.07, 6.45) is 5.21. The summed E-state index contributed by atoms with van der Waals surface area (Å²) in [6.45, 7) is 5.46. The van der Waals surface area contributed by atoms with Crippen molar-refractivity contribution in [3.63, 3.8) is 0 Å².